The first-order valence-corrected chi connectivity index (χ1v) is 9.86. The van der Waals surface area contributed by atoms with Gasteiger partial charge < -0.3 is 10.2 Å². The fourth-order valence-corrected chi connectivity index (χ4v) is 3.78. The second-order valence-corrected chi connectivity index (χ2v) is 7.41. The average Bonchev–Trinajstić information content (AvgIpc) is 3.23. The summed E-state index contributed by atoms with van der Waals surface area (Å²) in [5.74, 6) is 0.371. The highest BCUT2D eigenvalue weighted by Crippen LogP contribution is 2.23. The number of aromatic amines is 1. The Balaban J connectivity index is 1.35. The Morgan fingerprint density at radius 3 is 2.79 bits per heavy atom. The van der Waals surface area contributed by atoms with Crippen molar-refractivity contribution in [3.8, 4) is 6.07 Å². The molecule has 1 saturated heterocycles. The fraction of sp³-hybridized carbons (Fsp3) is 0.261. The molecule has 6 heteroatoms. The molecule has 0 saturated carbocycles. The third kappa shape index (κ3) is 4.46. The summed E-state index contributed by atoms with van der Waals surface area (Å²) in [6.45, 7) is 1.38. The van der Waals surface area contributed by atoms with Gasteiger partial charge in [-0.25, -0.2) is 0 Å². The van der Waals surface area contributed by atoms with Crippen LogP contribution in [0.3, 0.4) is 0 Å². The molecular weight excluding hydrogens is 362 g/mol. The molecule has 29 heavy (non-hydrogen) atoms. The number of hydrogen-bond donors (Lipinski definition) is 2. The molecule has 3 aromatic rings. The third-order valence-corrected chi connectivity index (χ3v) is 5.44. The molecule has 2 N–H and O–H groups in total. The first kappa shape index (κ1) is 18.8. The summed E-state index contributed by atoms with van der Waals surface area (Å²) in [7, 11) is 0. The van der Waals surface area contributed by atoms with Gasteiger partial charge in [-0.1, -0.05) is 30.3 Å². The van der Waals surface area contributed by atoms with E-state index in [4.69, 9.17) is 0 Å². The number of fused-ring (bicyclic) bond motifs is 1. The average molecular weight is 385 g/mol. The standard InChI is InChI=1S/C23H23N5O/c24-14-20(15-25-21-7-6-19-16-26-27-22(19)13-21)23(29)28-10-8-18(9-11-28)12-17-4-2-1-3-5-17/h1-7,13,15-16,18,25H,8-12H2,(H,26,27)/b20-15-. The summed E-state index contributed by atoms with van der Waals surface area (Å²) in [5.41, 5.74) is 3.15. The molecule has 4 rings (SSSR count). The van der Waals surface area contributed by atoms with Crippen molar-refractivity contribution in [2.45, 2.75) is 19.3 Å². The number of piperidine rings is 1. The van der Waals surface area contributed by atoms with E-state index in [-0.39, 0.29) is 11.5 Å². The Hall–Kier alpha value is -3.59. The number of amides is 1. The predicted molar refractivity (Wildman–Crippen MR) is 113 cm³/mol. The van der Waals surface area contributed by atoms with Crippen LogP contribution in [-0.4, -0.2) is 34.1 Å². The number of hydrogen-bond acceptors (Lipinski definition) is 4. The number of benzene rings is 2. The molecule has 6 nitrogen and oxygen atoms in total. The third-order valence-electron chi connectivity index (χ3n) is 5.44. The van der Waals surface area contributed by atoms with Gasteiger partial charge in [-0.15, -0.1) is 0 Å². The lowest BCUT2D eigenvalue weighted by molar-refractivity contribution is -0.128. The Labute approximate surface area is 169 Å². The van der Waals surface area contributed by atoms with E-state index in [1.165, 1.54) is 11.8 Å². The molecule has 1 aromatic heterocycles. The number of carbonyl (C=O) groups is 1. The number of anilines is 1. The molecule has 146 valence electrons. The summed E-state index contributed by atoms with van der Waals surface area (Å²) in [4.78, 5) is 14.6. The van der Waals surface area contributed by atoms with Crippen LogP contribution in [0, 0.1) is 17.2 Å². The lowest BCUT2D eigenvalue weighted by Gasteiger charge is -2.32. The van der Waals surface area contributed by atoms with E-state index in [0.29, 0.717) is 19.0 Å². The van der Waals surface area contributed by atoms with E-state index >= 15 is 0 Å². The van der Waals surface area contributed by atoms with Crippen LogP contribution in [0.4, 0.5) is 5.69 Å². The minimum Gasteiger partial charge on any atom is -0.360 e. The summed E-state index contributed by atoms with van der Waals surface area (Å²) >= 11 is 0. The minimum absolute atomic E-state index is 0.121. The Morgan fingerprint density at radius 1 is 1.24 bits per heavy atom. The van der Waals surface area contributed by atoms with Gasteiger partial charge in [0.15, 0.2) is 0 Å². The van der Waals surface area contributed by atoms with Crippen molar-refractivity contribution >= 4 is 22.5 Å². The zero-order chi connectivity index (χ0) is 20.1. The maximum absolute atomic E-state index is 12.8. The Kier molecular flexibility index (Phi) is 5.57. The normalized spacial score (nSPS) is 15.3. The van der Waals surface area contributed by atoms with Crippen LogP contribution in [0.2, 0.25) is 0 Å². The number of carbonyl (C=O) groups excluding carboxylic acids is 1. The van der Waals surface area contributed by atoms with Crippen molar-refractivity contribution in [1.29, 1.82) is 5.26 Å². The van der Waals surface area contributed by atoms with Crippen molar-refractivity contribution in [1.82, 2.24) is 15.1 Å². The number of H-pyrrole nitrogens is 1. The fourth-order valence-electron chi connectivity index (χ4n) is 3.78. The van der Waals surface area contributed by atoms with E-state index in [9.17, 15) is 10.1 Å². The van der Waals surface area contributed by atoms with Crippen molar-refractivity contribution in [2.75, 3.05) is 18.4 Å². The second-order valence-electron chi connectivity index (χ2n) is 7.41. The number of nitrogens with zero attached hydrogens (tertiary/aromatic N) is 3. The van der Waals surface area contributed by atoms with Crippen molar-refractivity contribution < 1.29 is 4.79 Å². The van der Waals surface area contributed by atoms with Crippen LogP contribution in [0.15, 0.2) is 66.5 Å². The van der Waals surface area contributed by atoms with Gasteiger partial charge in [-0.3, -0.25) is 9.89 Å². The molecule has 2 aromatic carbocycles. The zero-order valence-corrected chi connectivity index (χ0v) is 16.1. The molecule has 1 aliphatic rings. The summed E-state index contributed by atoms with van der Waals surface area (Å²) < 4.78 is 0. The van der Waals surface area contributed by atoms with Gasteiger partial charge in [0.2, 0.25) is 0 Å². The quantitative estimate of drug-likeness (QED) is 0.516. The maximum Gasteiger partial charge on any atom is 0.266 e. The first-order chi connectivity index (χ1) is 14.2. The molecule has 0 spiro atoms. The largest absolute Gasteiger partial charge is 0.360 e. The van der Waals surface area contributed by atoms with Crippen molar-refractivity contribution in [3.63, 3.8) is 0 Å². The number of rotatable bonds is 5. The molecule has 0 bridgehead atoms. The van der Waals surface area contributed by atoms with E-state index in [1.807, 2.05) is 30.3 Å². The molecule has 2 heterocycles. The molecule has 1 amide bonds. The molecule has 0 unspecified atom stereocenters. The van der Waals surface area contributed by atoms with Gasteiger partial charge in [-0.05, 0) is 48.9 Å². The van der Waals surface area contributed by atoms with Gasteiger partial charge in [0.05, 0.1) is 11.7 Å². The van der Waals surface area contributed by atoms with E-state index < -0.39 is 0 Å². The van der Waals surface area contributed by atoms with Crippen LogP contribution in [0.5, 0.6) is 0 Å². The highest BCUT2D eigenvalue weighted by Gasteiger charge is 2.25. The lowest BCUT2D eigenvalue weighted by Crippen LogP contribution is -2.39. The smallest absolute Gasteiger partial charge is 0.266 e. The molecule has 1 aliphatic heterocycles. The number of likely N-dealkylation sites (tertiary alicyclic amines) is 1. The molecule has 0 atom stereocenters. The van der Waals surface area contributed by atoms with Crippen LogP contribution in [0.25, 0.3) is 10.9 Å². The van der Waals surface area contributed by atoms with Crippen LogP contribution in [-0.2, 0) is 11.2 Å². The van der Waals surface area contributed by atoms with Crippen molar-refractivity contribution in [2.24, 2.45) is 5.92 Å². The van der Waals surface area contributed by atoms with E-state index in [0.717, 1.165) is 35.9 Å². The van der Waals surface area contributed by atoms with Gasteiger partial charge >= 0.3 is 0 Å². The van der Waals surface area contributed by atoms with E-state index in [1.54, 1.807) is 11.1 Å². The highest BCUT2D eigenvalue weighted by molar-refractivity contribution is 5.97. The molecule has 0 radical (unpaired) electrons. The SMILES string of the molecule is N#C/C(=C/Nc1ccc2cn[nH]c2c1)C(=O)N1CCC(Cc2ccccc2)CC1. The van der Waals surface area contributed by atoms with Crippen LogP contribution < -0.4 is 5.32 Å². The predicted octanol–water partition coefficient (Wildman–Crippen LogP) is 3.86. The van der Waals surface area contributed by atoms with Gasteiger partial charge in [0, 0.05) is 30.4 Å². The molecular formula is C23H23N5O. The summed E-state index contributed by atoms with van der Waals surface area (Å²) in [6.07, 6.45) is 6.21. The second kappa shape index (κ2) is 8.61. The first-order valence-electron chi connectivity index (χ1n) is 9.86. The van der Waals surface area contributed by atoms with Crippen molar-refractivity contribution in [3.05, 3.63) is 72.1 Å². The lowest BCUT2D eigenvalue weighted by atomic mass is 9.90. The number of aromatic nitrogens is 2. The number of nitriles is 1. The van der Waals surface area contributed by atoms with E-state index in [2.05, 4.69) is 39.8 Å². The summed E-state index contributed by atoms with van der Waals surface area (Å²) in [6, 6.07) is 18.2. The molecule has 1 fully saturated rings. The molecule has 0 aliphatic carbocycles. The highest BCUT2D eigenvalue weighted by atomic mass is 16.2. The maximum atomic E-state index is 12.8. The van der Waals surface area contributed by atoms with Gasteiger partial charge in [0.1, 0.15) is 11.6 Å². The Morgan fingerprint density at radius 2 is 2.03 bits per heavy atom. The topological polar surface area (TPSA) is 84.8 Å². The van der Waals surface area contributed by atoms with Gasteiger partial charge in [0.25, 0.3) is 5.91 Å². The van der Waals surface area contributed by atoms with Crippen LogP contribution >= 0.6 is 0 Å². The monoisotopic (exact) mass is 385 g/mol. The zero-order valence-electron chi connectivity index (χ0n) is 16.1. The minimum atomic E-state index is -0.208. The Bertz CT molecular complexity index is 1060. The summed E-state index contributed by atoms with van der Waals surface area (Å²) in [5, 5.41) is 20.4. The van der Waals surface area contributed by atoms with Gasteiger partial charge in [-0.2, -0.15) is 10.4 Å². The number of nitrogens with one attached hydrogen (secondary N) is 2. The van der Waals surface area contributed by atoms with Crippen LogP contribution in [0.1, 0.15) is 18.4 Å².